The summed E-state index contributed by atoms with van der Waals surface area (Å²) >= 11 is 0. The zero-order valence-electron chi connectivity index (χ0n) is 18.1. The molecule has 1 amide bonds. The van der Waals surface area contributed by atoms with E-state index in [1.807, 2.05) is 6.92 Å². The van der Waals surface area contributed by atoms with Gasteiger partial charge in [-0.1, -0.05) is 48.4 Å². The number of carbonyl (C=O) groups is 3. The number of aliphatic hydroxyl groups is 1. The van der Waals surface area contributed by atoms with Crippen molar-refractivity contribution in [1.82, 2.24) is 4.90 Å². The summed E-state index contributed by atoms with van der Waals surface area (Å²) in [5.41, 5.74) is 1.31. The molecule has 0 spiro atoms. The minimum Gasteiger partial charge on any atom is -0.507 e. The fraction of sp³-hybridized carbons (Fsp3) is 0.292. The normalized spacial score (nSPS) is 17.4. The van der Waals surface area contributed by atoms with E-state index in [2.05, 4.69) is 0 Å². The van der Waals surface area contributed by atoms with E-state index in [4.69, 9.17) is 5.11 Å². The van der Waals surface area contributed by atoms with Gasteiger partial charge in [-0.05, 0) is 25.3 Å². The number of nitrogens with zero attached hydrogens (tertiary/aromatic N) is 2. The highest BCUT2D eigenvalue weighted by Crippen LogP contribution is 2.40. The SMILES string of the molecule is Cc1ccc(C(O)=C2C(=O)C(=O)N(CCCCCC(=O)O)[C@H]2c2cccc([N+](=O)[O-])c2)cc1. The lowest BCUT2D eigenvalue weighted by atomic mass is 9.94. The molecule has 3 rings (SSSR count). The second kappa shape index (κ2) is 10.1. The third kappa shape index (κ3) is 5.25. The molecule has 2 aromatic carbocycles. The molecule has 9 nitrogen and oxygen atoms in total. The minimum absolute atomic E-state index is 0.000546. The highest BCUT2D eigenvalue weighted by molar-refractivity contribution is 6.46. The predicted octanol–water partition coefficient (Wildman–Crippen LogP) is 3.97. The average Bonchev–Trinajstić information content (AvgIpc) is 3.03. The first kappa shape index (κ1) is 23.6. The minimum atomic E-state index is -0.995. The molecule has 0 bridgehead atoms. The molecule has 1 aliphatic rings. The number of amides is 1. The number of aliphatic hydroxyl groups excluding tert-OH is 1. The summed E-state index contributed by atoms with van der Waals surface area (Å²) in [6, 6.07) is 11.4. The second-order valence-corrected chi connectivity index (χ2v) is 7.92. The third-order valence-corrected chi connectivity index (χ3v) is 5.55. The summed E-state index contributed by atoms with van der Waals surface area (Å²) in [5.74, 6) is -2.93. The number of Topliss-reactive ketones (excluding diaryl/α,β-unsaturated/α-hetero) is 1. The van der Waals surface area contributed by atoms with Gasteiger partial charge in [-0.3, -0.25) is 24.5 Å². The van der Waals surface area contributed by atoms with Crippen LogP contribution in [0.4, 0.5) is 5.69 Å². The number of nitro benzene ring substituents is 1. The maximum atomic E-state index is 13.0. The average molecular weight is 452 g/mol. The van der Waals surface area contributed by atoms with E-state index in [0.29, 0.717) is 30.4 Å². The van der Waals surface area contributed by atoms with Crippen molar-refractivity contribution in [3.05, 3.63) is 80.9 Å². The zero-order valence-corrected chi connectivity index (χ0v) is 18.1. The standard InChI is InChI=1S/C24H24N2O7/c1-15-9-11-16(12-10-15)22(29)20-21(17-6-5-7-18(14-17)26(32)33)25(24(31)23(20)30)13-4-2-3-8-19(27)28/h5-7,9-12,14,21,29H,2-4,8,13H2,1H3,(H,27,28)/t21-/m0/s1. The van der Waals surface area contributed by atoms with E-state index >= 15 is 0 Å². The Bertz CT molecular complexity index is 1120. The van der Waals surface area contributed by atoms with E-state index in [1.54, 1.807) is 30.3 Å². The second-order valence-electron chi connectivity index (χ2n) is 7.92. The van der Waals surface area contributed by atoms with Crippen molar-refractivity contribution in [1.29, 1.82) is 0 Å². The number of nitro groups is 1. The molecular formula is C24H24N2O7. The number of carbonyl (C=O) groups excluding carboxylic acids is 2. The van der Waals surface area contributed by atoms with Crippen LogP contribution in [0.15, 0.2) is 54.1 Å². The van der Waals surface area contributed by atoms with Crippen molar-refractivity contribution in [3.8, 4) is 0 Å². The smallest absolute Gasteiger partial charge is 0.303 e. The Hall–Kier alpha value is -4.01. The number of non-ortho nitro benzene ring substituents is 1. The Morgan fingerprint density at radius 2 is 1.76 bits per heavy atom. The fourth-order valence-electron chi connectivity index (χ4n) is 3.87. The highest BCUT2D eigenvalue weighted by Gasteiger charge is 2.46. The van der Waals surface area contributed by atoms with Crippen LogP contribution in [-0.2, 0) is 14.4 Å². The van der Waals surface area contributed by atoms with Crippen LogP contribution in [0.25, 0.3) is 5.76 Å². The van der Waals surface area contributed by atoms with Crippen LogP contribution in [0, 0.1) is 17.0 Å². The Morgan fingerprint density at radius 1 is 1.06 bits per heavy atom. The van der Waals surface area contributed by atoms with E-state index in [0.717, 1.165) is 5.56 Å². The van der Waals surface area contributed by atoms with Gasteiger partial charge in [-0.2, -0.15) is 0 Å². The van der Waals surface area contributed by atoms with Crippen LogP contribution in [0.3, 0.4) is 0 Å². The summed E-state index contributed by atoms with van der Waals surface area (Å²) in [6.07, 6.45) is 1.38. The number of carboxylic acids is 1. The van der Waals surface area contributed by atoms with Gasteiger partial charge >= 0.3 is 5.97 Å². The Kier molecular flexibility index (Phi) is 7.22. The molecule has 0 radical (unpaired) electrons. The molecule has 0 aromatic heterocycles. The maximum Gasteiger partial charge on any atom is 0.303 e. The summed E-state index contributed by atoms with van der Waals surface area (Å²) in [5, 5.41) is 31.1. The number of aliphatic carboxylic acids is 1. The van der Waals surface area contributed by atoms with Crippen LogP contribution in [0.5, 0.6) is 0 Å². The number of hydrogen-bond acceptors (Lipinski definition) is 6. The first-order chi connectivity index (χ1) is 15.7. The molecule has 1 atom stereocenters. The summed E-state index contributed by atoms with van der Waals surface area (Å²) in [6.45, 7) is 2.01. The van der Waals surface area contributed by atoms with Gasteiger partial charge in [0.25, 0.3) is 17.4 Å². The number of rotatable bonds is 9. The number of aryl methyl sites for hydroxylation is 1. The van der Waals surface area contributed by atoms with Gasteiger partial charge in [0.15, 0.2) is 0 Å². The molecule has 0 saturated carbocycles. The molecule has 172 valence electrons. The summed E-state index contributed by atoms with van der Waals surface area (Å²) in [4.78, 5) is 48.6. The van der Waals surface area contributed by atoms with Crippen molar-refractivity contribution in [2.45, 2.75) is 38.6 Å². The van der Waals surface area contributed by atoms with E-state index in [9.17, 15) is 29.6 Å². The van der Waals surface area contributed by atoms with Gasteiger partial charge in [0.1, 0.15) is 5.76 Å². The van der Waals surface area contributed by atoms with Crippen molar-refractivity contribution in [3.63, 3.8) is 0 Å². The summed E-state index contributed by atoms with van der Waals surface area (Å²) in [7, 11) is 0. The first-order valence-electron chi connectivity index (χ1n) is 10.5. The predicted molar refractivity (Wildman–Crippen MR) is 119 cm³/mol. The van der Waals surface area contributed by atoms with Gasteiger partial charge < -0.3 is 15.1 Å². The molecule has 2 N–H and O–H groups in total. The molecule has 33 heavy (non-hydrogen) atoms. The summed E-state index contributed by atoms with van der Waals surface area (Å²) < 4.78 is 0. The number of benzene rings is 2. The number of carboxylic acid groups (broad SMARTS) is 1. The van der Waals surface area contributed by atoms with E-state index < -0.39 is 28.6 Å². The van der Waals surface area contributed by atoms with Crippen molar-refractivity contribution < 1.29 is 29.5 Å². The quantitative estimate of drug-likeness (QED) is 0.147. The van der Waals surface area contributed by atoms with Crippen molar-refractivity contribution in [2.24, 2.45) is 0 Å². The number of ketones is 1. The van der Waals surface area contributed by atoms with Crippen LogP contribution in [-0.4, -0.2) is 44.2 Å². The molecular weight excluding hydrogens is 428 g/mol. The Labute approximate surface area is 190 Å². The van der Waals surface area contributed by atoms with Gasteiger partial charge in [0.2, 0.25) is 0 Å². The first-order valence-corrected chi connectivity index (χ1v) is 10.5. The number of likely N-dealkylation sites (tertiary alicyclic amines) is 1. The van der Waals surface area contributed by atoms with Crippen molar-refractivity contribution >= 4 is 29.1 Å². The van der Waals surface area contributed by atoms with E-state index in [1.165, 1.54) is 23.1 Å². The van der Waals surface area contributed by atoms with Crippen LogP contribution >= 0.6 is 0 Å². The van der Waals surface area contributed by atoms with Crippen molar-refractivity contribution in [2.75, 3.05) is 6.54 Å². The fourth-order valence-corrected chi connectivity index (χ4v) is 3.87. The molecule has 2 aromatic rings. The Balaban J connectivity index is 2.02. The highest BCUT2D eigenvalue weighted by atomic mass is 16.6. The monoisotopic (exact) mass is 452 g/mol. The van der Waals surface area contributed by atoms with Gasteiger partial charge in [-0.15, -0.1) is 0 Å². The molecule has 0 unspecified atom stereocenters. The lowest BCUT2D eigenvalue weighted by Crippen LogP contribution is -2.30. The van der Waals surface area contributed by atoms with Gasteiger partial charge in [0.05, 0.1) is 16.5 Å². The largest absolute Gasteiger partial charge is 0.507 e. The molecule has 1 fully saturated rings. The molecule has 1 aliphatic heterocycles. The molecule has 1 saturated heterocycles. The zero-order chi connectivity index (χ0) is 24.1. The Morgan fingerprint density at radius 3 is 2.39 bits per heavy atom. The maximum absolute atomic E-state index is 13.0. The molecule has 0 aliphatic carbocycles. The molecule has 9 heteroatoms. The van der Waals surface area contributed by atoms with Gasteiger partial charge in [-0.25, -0.2) is 0 Å². The number of hydrogen-bond donors (Lipinski definition) is 2. The van der Waals surface area contributed by atoms with Crippen LogP contribution in [0.1, 0.15) is 48.4 Å². The lowest BCUT2D eigenvalue weighted by Gasteiger charge is -2.25. The van der Waals surface area contributed by atoms with E-state index in [-0.39, 0.29) is 30.0 Å². The van der Waals surface area contributed by atoms with Crippen LogP contribution < -0.4 is 0 Å². The van der Waals surface area contributed by atoms with Crippen LogP contribution in [0.2, 0.25) is 0 Å². The topological polar surface area (TPSA) is 138 Å². The van der Waals surface area contributed by atoms with Gasteiger partial charge in [0, 0.05) is 30.7 Å². The third-order valence-electron chi connectivity index (χ3n) is 5.55. The molecule has 1 heterocycles. The lowest BCUT2D eigenvalue weighted by molar-refractivity contribution is -0.384. The number of unbranched alkanes of at least 4 members (excludes halogenated alkanes) is 2.